The first-order chi connectivity index (χ1) is 6.33. The van der Waals surface area contributed by atoms with Crippen molar-refractivity contribution in [3.63, 3.8) is 0 Å². The van der Waals surface area contributed by atoms with Crippen LogP contribution in [0.25, 0.3) is 0 Å². The number of rotatable bonds is 5. The number of aromatic nitrogens is 2. The van der Waals surface area contributed by atoms with Crippen molar-refractivity contribution < 1.29 is 4.79 Å². The molecule has 1 N–H and O–H groups in total. The maximum atomic E-state index is 11.2. The smallest absolute Gasteiger partial charge is 0.225 e. The first-order valence-electron chi connectivity index (χ1n) is 3.89. The molecule has 1 aromatic rings. The standard InChI is InChI=1S/C7H11N3OS2/c1-12-4-2-3-6(11)9-7-5-8-10-13-7/h5H,2-4H2,1H3,(H,9,11). The van der Waals surface area contributed by atoms with Gasteiger partial charge in [0.2, 0.25) is 5.91 Å². The Bertz CT molecular complexity index is 250. The second-order valence-corrected chi connectivity index (χ2v) is 4.20. The van der Waals surface area contributed by atoms with E-state index < -0.39 is 0 Å². The summed E-state index contributed by atoms with van der Waals surface area (Å²) in [5.41, 5.74) is 0. The van der Waals surface area contributed by atoms with E-state index in [0.717, 1.165) is 12.2 Å². The van der Waals surface area contributed by atoms with Gasteiger partial charge in [-0.1, -0.05) is 4.49 Å². The zero-order valence-electron chi connectivity index (χ0n) is 7.32. The lowest BCUT2D eigenvalue weighted by Gasteiger charge is -1.99. The molecule has 72 valence electrons. The topological polar surface area (TPSA) is 54.9 Å². The third-order valence-corrected chi connectivity index (χ3v) is 2.65. The molecule has 0 unspecified atom stereocenters. The minimum absolute atomic E-state index is 0.0418. The quantitative estimate of drug-likeness (QED) is 0.761. The van der Waals surface area contributed by atoms with Gasteiger partial charge >= 0.3 is 0 Å². The lowest BCUT2D eigenvalue weighted by atomic mass is 10.3. The van der Waals surface area contributed by atoms with Crippen LogP contribution in [0.5, 0.6) is 0 Å². The van der Waals surface area contributed by atoms with Crippen LogP contribution in [0.2, 0.25) is 0 Å². The Morgan fingerprint density at radius 1 is 1.77 bits per heavy atom. The Hall–Kier alpha value is -0.620. The third kappa shape index (κ3) is 4.23. The molecule has 0 bridgehead atoms. The van der Waals surface area contributed by atoms with Crippen LogP contribution in [0.4, 0.5) is 5.00 Å². The summed E-state index contributed by atoms with van der Waals surface area (Å²) in [6, 6.07) is 0. The number of nitrogens with one attached hydrogen (secondary N) is 1. The molecule has 0 aliphatic rings. The third-order valence-electron chi connectivity index (χ3n) is 1.38. The molecule has 1 aromatic heterocycles. The van der Waals surface area contributed by atoms with Crippen molar-refractivity contribution in [2.75, 3.05) is 17.3 Å². The zero-order valence-corrected chi connectivity index (χ0v) is 8.95. The van der Waals surface area contributed by atoms with Gasteiger partial charge in [-0.3, -0.25) is 4.79 Å². The Labute approximate surface area is 85.3 Å². The maximum absolute atomic E-state index is 11.2. The molecular weight excluding hydrogens is 206 g/mol. The molecular formula is C7H11N3OS2. The van der Waals surface area contributed by atoms with Crippen molar-refractivity contribution in [2.24, 2.45) is 0 Å². The van der Waals surface area contributed by atoms with Crippen LogP contribution in [0.3, 0.4) is 0 Å². The van der Waals surface area contributed by atoms with E-state index in [1.165, 1.54) is 11.5 Å². The van der Waals surface area contributed by atoms with Crippen LogP contribution in [-0.4, -0.2) is 27.5 Å². The van der Waals surface area contributed by atoms with E-state index in [1.807, 2.05) is 6.26 Å². The fourth-order valence-electron chi connectivity index (χ4n) is 0.799. The van der Waals surface area contributed by atoms with Gasteiger partial charge < -0.3 is 5.32 Å². The van der Waals surface area contributed by atoms with Gasteiger partial charge in [-0.2, -0.15) is 11.8 Å². The highest BCUT2D eigenvalue weighted by Gasteiger charge is 2.02. The van der Waals surface area contributed by atoms with Gasteiger partial charge in [0, 0.05) is 18.0 Å². The molecule has 0 saturated heterocycles. The van der Waals surface area contributed by atoms with Crippen LogP contribution in [0, 0.1) is 0 Å². The molecule has 1 heterocycles. The number of hydrogen-bond donors (Lipinski definition) is 1. The SMILES string of the molecule is CSCCCC(=O)Nc1cnns1. The van der Waals surface area contributed by atoms with E-state index in [4.69, 9.17) is 0 Å². The Morgan fingerprint density at radius 2 is 2.62 bits per heavy atom. The molecule has 13 heavy (non-hydrogen) atoms. The van der Waals surface area contributed by atoms with Crippen molar-refractivity contribution in [1.29, 1.82) is 0 Å². The van der Waals surface area contributed by atoms with Crippen molar-refractivity contribution in [3.8, 4) is 0 Å². The average molecular weight is 217 g/mol. The van der Waals surface area contributed by atoms with Crippen LogP contribution < -0.4 is 5.32 Å². The Kier molecular flexibility index (Phi) is 4.77. The highest BCUT2D eigenvalue weighted by molar-refractivity contribution is 7.98. The molecule has 0 aromatic carbocycles. The van der Waals surface area contributed by atoms with Gasteiger partial charge in [0.05, 0.1) is 6.20 Å². The molecule has 0 atom stereocenters. The zero-order chi connectivity index (χ0) is 9.52. The van der Waals surface area contributed by atoms with Crippen LogP contribution in [0.1, 0.15) is 12.8 Å². The fraction of sp³-hybridized carbons (Fsp3) is 0.571. The second-order valence-electron chi connectivity index (χ2n) is 2.43. The van der Waals surface area contributed by atoms with Gasteiger partial charge in [0.1, 0.15) is 5.00 Å². The normalized spacial score (nSPS) is 9.92. The second kappa shape index (κ2) is 5.93. The average Bonchev–Trinajstić information content (AvgIpc) is 2.57. The summed E-state index contributed by atoms with van der Waals surface area (Å²) in [7, 11) is 0. The Balaban J connectivity index is 2.18. The molecule has 0 aliphatic heterocycles. The maximum Gasteiger partial charge on any atom is 0.225 e. The highest BCUT2D eigenvalue weighted by atomic mass is 32.2. The fourth-order valence-corrected chi connectivity index (χ4v) is 1.67. The highest BCUT2D eigenvalue weighted by Crippen LogP contribution is 2.10. The van der Waals surface area contributed by atoms with Gasteiger partial charge in [0.15, 0.2) is 0 Å². The number of nitrogens with zero attached hydrogens (tertiary/aromatic N) is 2. The van der Waals surface area contributed by atoms with Crippen molar-refractivity contribution in [1.82, 2.24) is 9.59 Å². The predicted octanol–water partition coefficient (Wildman–Crippen LogP) is 1.62. The van der Waals surface area contributed by atoms with Gasteiger partial charge in [-0.05, 0) is 18.4 Å². The lowest BCUT2D eigenvalue weighted by Crippen LogP contribution is -2.10. The number of hydrogen-bond acceptors (Lipinski definition) is 5. The van der Waals surface area contributed by atoms with E-state index >= 15 is 0 Å². The summed E-state index contributed by atoms with van der Waals surface area (Å²) in [6.07, 6.45) is 5.07. The van der Waals surface area contributed by atoms with Gasteiger partial charge in [0.25, 0.3) is 0 Å². The van der Waals surface area contributed by atoms with Gasteiger partial charge in [-0.25, -0.2) is 0 Å². The minimum atomic E-state index is 0.0418. The van der Waals surface area contributed by atoms with E-state index in [0.29, 0.717) is 11.4 Å². The first-order valence-corrected chi connectivity index (χ1v) is 6.06. The number of carbonyl (C=O) groups is 1. The van der Waals surface area contributed by atoms with Crippen LogP contribution in [0.15, 0.2) is 6.20 Å². The van der Waals surface area contributed by atoms with Crippen molar-refractivity contribution in [3.05, 3.63) is 6.20 Å². The number of anilines is 1. The van der Waals surface area contributed by atoms with Gasteiger partial charge in [-0.15, -0.1) is 5.10 Å². The first kappa shape index (κ1) is 10.5. The lowest BCUT2D eigenvalue weighted by molar-refractivity contribution is -0.116. The molecule has 0 spiro atoms. The van der Waals surface area contributed by atoms with E-state index in [9.17, 15) is 4.79 Å². The van der Waals surface area contributed by atoms with Crippen molar-refractivity contribution >= 4 is 34.2 Å². The Morgan fingerprint density at radius 3 is 3.23 bits per heavy atom. The largest absolute Gasteiger partial charge is 0.315 e. The summed E-state index contributed by atoms with van der Waals surface area (Å²) < 4.78 is 3.64. The molecule has 0 saturated carbocycles. The van der Waals surface area contributed by atoms with E-state index in [1.54, 1.807) is 18.0 Å². The minimum Gasteiger partial charge on any atom is -0.315 e. The number of thioether (sulfide) groups is 1. The van der Waals surface area contributed by atoms with E-state index in [2.05, 4.69) is 14.9 Å². The summed E-state index contributed by atoms with van der Waals surface area (Å²) in [4.78, 5) is 11.2. The molecule has 0 radical (unpaired) electrons. The van der Waals surface area contributed by atoms with Crippen LogP contribution in [-0.2, 0) is 4.79 Å². The number of amides is 1. The molecule has 4 nitrogen and oxygen atoms in total. The van der Waals surface area contributed by atoms with Crippen molar-refractivity contribution in [2.45, 2.75) is 12.8 Å². The predicted molar refractivity (Wildman–Crippen MR) is 56.2 cm³/mol. The molecule has 0 aliphatic carbocycles. The van der Waals surface area contributed by atoms with E-state index in [-0.39, 0.29) is 5.91 Å². The molecule has 6 heteroatoms. The number of carbonyl (C=O) groups excluding carboxylic acids is 1. The van der Waals surface area contributed by atoms with Crippen LogP contribution >= 0.6 is 23.3 Å². The summed E-state index contributed by atoms with van der Waals surface area (Å²) in [5.74, 6) is 1.06. The monoisotopic (exact) mass is 217 g/mol. The summed E-state index contributed by atoms with van der Waals surface area (Å²) in [6.45, 7) is 0. The summed E-state index contributed by atoms with van der Waals surface area (Å²) in [5, 5.41) is 7.06. The molecule has 1 amide bonds. The summed E-state index contributed by atoms with van der Waals surface area (Å²) >= 11 is 2.94. The molecule has 1 rings (SSSR count). The molecule has 0 fully saturated rings.